The molecule has 0 aliphatic heterocycles. The maximum absolute atomic E-state index is 15.4. The molecule has 2 saturated carbocycles. The van der Waals surface area contributed by atoms with Gasteiger partial charge in [0.25, 0.3) is 0 Å². The van der Waals surface area contributed by atoms with Gasteiger partial charge in [-0.05, 0) is 84.6 Å². The number of aliphatic hydroxyl groups is 1. The summed E-state index contributed by atoms with van der Waals surface area (Å²) < 4.78 is 30.4. The van der Waals surface area contributed by atoms with Crippen molar-refractivity contribution in [2.45, 2.75) is 77.7 Å². The number of hydrogen-bond donors (Lipinski definition) is 1. The number of carbonyl (C=O) groups excluding carboxylic acids is 1. The molecule has 0 saturated heterocycles. The smallest absolute Gasteiger partial charge is 0.156 e. The van der Waals surface area contributed by atoms with Crippen molar-refractivity contribution in [1.29, 1.82) is 0 Å². The van der Waals surface area contributed by atoms with Crippen LogP contribution in [0.3, 0.4) is 0 Å². The van der Waals surface area contributed by atoms with Crippen molar-refractivity contribution < 1.29 is 18.7 Å². The van der Waals surface area contributed by atoms with Gasteiger partial charge in [0.1, 0.15) is 11.6 Å². The summed E-state index contributed by atoms with van der Waals surface area (Å²) in [5.41, 5.74) is 3.86. The summed E-state index contributed by atoms with van der Waals surface area (Å²) in [5.74, 6) is 2.64. The van der Waals surface area contributed by atoms with E-state index in [1.54, 1.807) is 25.1 Å². The maximum Gasteiger partial charge on any atom is 0.156 e. The third-order valence-corrected chi connectivity index (χ3v) is 8.94. The van der Waals surface area contributed by atoms with E-state index in [9.17, 15) is 14.3 Å². The van der Waals surface area contributed by atoms with Gasteiger partial charge < -0.3 is 10.0 Å². The van der Waals surface area contributed by atoms with E-state index >= 15 is 4.39 Å². The lowest BCUT2D eigenvalue weighted by Crippen LogP contribution is -2.45. The first-order valence-corrected chi connectivity index (χ1v) is 13.2. The first-order valence-electron chi connectivity index (χ1n) is 13.2. The molecule has 4 aliphatic carbocycles. The molecule has 1 aromatic carbocycles. The normalized spacial score (nSPS) is 31.0. The highest BCUT2D eigenvalue weighted by Crippen LogP contribution is 2.64. The minimum absolute atomic E-state index is 0.166. The van der Waals surface area contributed by atoms with Crippen molar-refractivity contribution in [2.75, 3.05) is 19.0 Å². The van der Waals surface area contributed by atoms with Crippen LogP contribution in [0.1, 0.15) is 77.2 Å². The minimum Gasteiger partial charge on any atom is -0.393 e. The number of hydrogen-bond acceptors (Lipinski definition) is 3. The number of aliphatic hydroxyl groups excluding tert-OH is 1. The predicted molar refractivity (Wildman–Crippen MR) is 141 cm³/mol. The number of terminal acetylenes is 1. The van der Waals surface area contributed by atoms with Crippen molar-refractivity contribution in [1.82, 2.24) is 0 Å². The van der Waals surface area contributed by atoms with Crippen molar-refractivity contribution in [2.24, 2.45) is 23.2 Å². The van der Waals surface area contributed by atoms with Gasteiger partial charge in [-0.25, -0.2) is 8.78 Å². The van der Waals surface area contributed by atoms with Crippen LogP contribution in [-0.2, 0) is 4.79 Å². The molecule has 194 valence electrons. The van der Waals surface area contributed by atoms with Crippen LogP contribution >= 0.6 is 0 Å². The Labute approximate surface area is 214 Å². The topological polar surface area (TPSA) is 40.5 Å². The molecule has 5 rings (SSSR count). The molecule has 0 bridgehead atoms. The molecule has 0 amide bonds. The average molecular weight is 496 g/mol. The van der Waals surface area contributed by atoms with Crippen molar-refractivity contribution in [3.8, 4) is 12.3 Å². The molecule has 2 fully saturated rings. The van der Waals surface area contributed by atoms with Gasteiger partial charge >= 0.3 is 0 Å². The fraction of sp³-hybridized carbons (Fsp3) is 0.581. The summed E-state index contributed by atoms with van der Waals surface area (Å²) in [6.07, 6.45) is 11.6. The standard InChI is InChI=1S/C26H31F2NO2.C5H8/c1-26-13-19(18-11-22(28)23(29(2)3)12-21(18)27)25-16-7-5-15(30)10-14(16)4-6-17(25)20(26)8-9-24(26)31;1-4-5(2)3/h10-12,17,19-20,24,31H,4-9,13H2,1-3H3;1,5H,2-3H3. The number of rotatable bonds is 2. The second-order valence-corrected chi connectivity index (χ2v) is 11.7. The lowest BCUT2D eigenvalue weighted by molar-refractivity contribution is -0.114. The van der Waals surface area contributed by atoms with Crippen LogP contribution in [0.15, 0.2) is 34.9 Å². The maximum atomic E-state index is 15.4. The molecule has 0 aromatic heterocycles. The van der Waals surface area contributed by atoms with Crippen LogP contribution in [-0.4, -0.2) is 31.1 Å². The average Bonchev–Trinajstić information content (AvgIpc) is 3.13. The quantitative estimate of drug-likeness (QED) is 0.472. The fourth-order valence-electron chi connectivity index (χ4n) is 7.07. The lowest BCUT2D eigenvalue weighted by atomic mass is 9.53. The predicted octanol–water partition coefficient (Wildman–Crippen LogP) is 6.57. The van der Waals surface area contributed by atoms with Gasteiger partial charge in [0.05, 0.1) is 11.8 Å². The van der Waals surface area contributed by atoms with Crippen molar-refractivity contribution in [3.63, 3.8) is 0 Å². The lowest BCUT2D eigenvalue weighted by Gasteiger charge is -2.52. The Morgan fingerprint density at radius 2 is 1.81 bits per heavy atom. The second-order valence-electron chi connectivity index (χ2n) is 11.7. The van der Waals surface area contributed by atoms with Gasteiger partial charge in [0, 0.05) is 38.4 Å². The number of nitrogens with zero attached hydrogens (tertiary/aromatic N) is 1. The first-order chi connectivity index (χ1) is 17.0. The molecule has 0 heterocycles. The molecule has 5 unspecified atom stereocenters. The van der Waals surface area contributed by atoms with E-state index in [1.807, 2.05) is 13.8 Å². The molecular weight excluding hydrogens is 456 g/mol. The molecule has 5 atom stereocenters. The van der Waals surface area contributed by atoms with E-state index in [4.69, 9.17) is 6.42 Å². The number of carbonyl (C=O) groups is 1. The largest absolute Gasteiger partial charge is 0.393 e. The van der Waals surface area contributed by atoms with Gasteiger partial charge in [0.15, 0.2) is 5.78 Å². The third-order valence-electron chi connectivity index (χ3n) is 8.94. The number of halogens is 2. The van der Waals surface area contributed by atoms with Crippen LogP contribution in [0.5, 0.6) is 0 Å². The molecule has 0 spiro atoms. The van der Waals surface area contributed by atoms with Crippen LogP contribution < -0.4 is 4.90 Å². The number of anilines is 1. The van der Waals surface area contributed by atoms with Crippen molar-refractivity contribution >= 4 is 11.5 Å². The summed E-state index contributed by atoms with van der Waals surface area (Å²) >= 11 is 0. The number of allylic oxidation sites excluding steroid dienone is 4. The molecule has 0 radical (unpaired) electrons. The molecule has 4 aliphatic rings. The Morgan fingerprint density at radius 3 is 2.44 bits per heavy atom. The third kappa shape index (κ3) is 4.65. The van der Waals surface area contributed by atoms with E-state index < -0.39 is 11.9 Å². The Kier molecular flexibility index (Phi) is 7.49. The molecule has 36 heavy (non-hydrogen) atoms. The fourth-order valence-corrected chi connectivity index (χ4v) is 7.07. The molecule has 5 heteroatoms. The Bertz CT molecular complexity index is 1140. The van der Waals surface area contributed by atoms with Crippen LogP contribution in [0.4, 0.5) is 14.5 Å². The summed E-state index contributed by atoms with van der Waals surface area (Å²) in [6, 6.07) is 2.67. The number of benzene rings is 1. The Balaban J connectivity index is 0.000000556. The van der Waals surface area contributed by atoms with Gasteiger partial charge in [-0.2, -0.15) is 0 Å². The highest BCUT2D eigenvalue weighted by molar-refractivity contribution is 5.93. The van der Waals surface area contributed by atoms with Gasteiger partial charge in [-0.15, -0.1) is 12.3 Å². The zero-order valence-corrected chi connectivity index (χ0v) is 22.2. The first kappa shape index (κ1) is 26.6. The summed E-state index contributed by atoms with van der Waals surface area (Å²) in [5, 5.41) is 10.9. The van der Waals surface area contributed by atoms with E-state index in [0.29, 0.717) is 36.7 Å². The number of fused-ring (bicyclic) bond motifs is 4. The Hall–Kier alpha value is -2.45. The van der Waals surface area contributed by atoms with Gasteiger partial charge in [0.2, 0.25) is 0 Å². The summed E-state index contributed by atoms with van der Waals surface area (Å²) in [4.78, 5) is 13.6. The molecule has 1 aromatic rings. The van der Waals surface area contributed by atoms with Crippen molar-refractivity contribution in [3.05, 3.63) is 52.1 Å². The van der Waals surface area contributed by atoms with Crippen LogP contribution in [0, 0.1) is 47.1 Å². The van der Waals surface area contributed by atoms with E-state index in [0.717, 1.165) is 31.3 Å². The monoisotopic (exact) mass is 495 g/mol. The molecular formula is C31H39F2NO2. The van der Waals surface area contributed by atoms with Crippen LogP contribution in [0.2, 0.25) is 0 Å². The van der Waals surface area contributed by atoms with Gasteiger partial charge in [-0.3, -0.25) is 4.79 Å². The van der Waals surface area contributed by atoms with E-state index in [2.05, 4.69) is 12.8 Å². The SMILES string of the molecule is C#CC(C)C.CN(C)c1cc(F)c(C2CC3(C)C(O)CCC3C3CCC4=CC(=O)CCC4=C23)cc1F. The highest BCUT2D eigenvalue weighted by atomic mass is 19.1. The number of ketones is 1. The summed E-state index contributed by atoms with van der Waals surface area (Å²) in [7, 11) is 3.41. The van der Waals surface area contributed by atoms with Crippen LogP contribution in [0.25, 0.3) is 0 Å². The second kappa shape index (κ2) is 10.1. The molecule has 3 nitrogen and oxygen atoms in total. The summed E-state index contributed by atoms with van der Waals surface area (Å²) in [6.45, 7) is 6.11. The zero-order chi connectivity index (χ0) is 26.4. The minimum atomic E-state index is -0.423. The van der Waals surface area contributed by atoms with Gasteiger partial charge in [-0.1, -0.05) is 26.3 Å². The van der Waals surface area contributed by atoms with E-state index in [1.165, 1.54) is 23.3 Å². The zero-order valence-electron chi connectivity index (χ0n) is 22.2. The molecule has 1 N–H and O–H groups in total. The Morgan fingerprint density at radius 1 is 1.11 bits per heavy atom. The van der Waals surface area contributed by atoms with E-state index in [-0.39, 0.29) is 34.5 Å². The highest BCUT2D eigenvalue weighted by Gasteiger charge is 2.56.